The van der Waals surface area contributed by atoms with Crippen molar-refractivity contribution in [3.63, 3.8) is 0 Å². The van der Waals surface area contributed by atoms with Gasteiger partial charge in [-0.05, 0) is 65.2 Å². The molecule has 7 aromatic carbocycles. The Hall–Kier alpha value is -7.11. The Bertz CT molecular complexity index is 2870. The maximum atomic E-state index is 5.08. The van der Waals surface area contributed by atoms with Gasteiger partial charge in [-0.2, -0.15) is 0 Å². The van der Waals surface area contributed by atoms with E-state index in [1.807, 2.05) is 36.4 Å². The fraction of sp³-hybridized carbons (Fsp3) is 0. The monoisotopic (exact) mass is 665 g/mol. The van der Waals surface area contributed by atoms with E-state index < -0.39 is 0 Å². The van der Waals surface area contributed by atoms with Gasteiger partial charge in [0, 0.05) is 33.3 Å². The molecule has 0 radical (unpaired) electrons. The van der Waals surface area contributed by atoms with E-state index in [2.05, 4.69) is 161 Å². The minimum absolute atomic E-state index is 0.626. The van der Waals surface area contributed by atoms with Crippen LogP contribution >= 0.6 is 0 Å². The maximum Gasteiger partial charge on any atom is 0.164 e. The van der Waals surface area contributed by atoms with Gasteiger partial charge in [0.15, 0.2) is 17.5 Å². The Morgan fingerprint density at radius 3 is 1.48 bits per heavy atom. The van der Waals surface area contributed by atoms with Crippen molar-refractivity contribution in [3.8, 4) is 62.1 Å². The van der Waals surface area contributed by atoms with Crippen molar-refractivity contribution in [2.24, 2.45) is 0 Å². The average molecular weight is 666 g/mol. The molecular weight excluding hydrogens is 635 g/mol. The summed E-state index contributed by atoms with van der Waals surface area (Å²) in [5, 5.41) is 1.22. The minimum atomic E-state index is 0.626. The molecule has 3 heterocycles. The molecule has 0 saturated heterocycles. The lowest BCUT2D eigenvalue weighted by molar-refractivity contribution is 1.07. The van der Waals surface area contributed by atoms with Gasteiger partial charge in [0.05, 0.1) is 16.6 Å². The molecule has 52 heavy (non-hydrogen) atoms. The number of benzene rings is 7. The van der Waals surface area contributed by atoms with Gasteiger partial charge >= 0.3 is 0 Å². The molecule has 0 saturated carbocycles. The normalized spacial score (nSPS) is 11.5. The Kier molecular flexibility index (Phi) is 7.07. The summed E-state index contributed by atoms with van der Waals surface area (Å²) in [6, 6.07) is 65.5. The van der Waals surface area contributed by atoms with Crippen molar-refractivity contribution in [2.75, 3.05) is 0 Å². The van der Waals surface area contributed by atoms with Gasteiger partial charge in [-0.25, -0.2) is 15.0 Å². The Balaban J connectivity index is 1.14. The van der Waals surface area contributed by atoms with Gasteiger partial charge in [-0.3, -0.25) is 8.97 Å². The lowest BCUT2D eigenvalue weighted by atomic mass is 10.0. The Morgan fingerprint density at radius 2 is 0.808 bits per heavy atom. The van der Waals surface area contributed by atoms with Crippen LogP contribution in [0.4, 0.5) is 0 Å². The van der Waals surface area contributed by atoms with Gasteiger partial charge in [0.25, 0.3) is 0 Å². The standard InChI is InChI=1S/C47H31N5/c1-4-15-32(16-5-1)36-21-14-22-37(31-36)46-49-44(34-19-8-3-9-20-34)48-45(50-46)35-27-29-38(30-28-35)51-41-25-12-13-26-42(41)52-40-24-11-10-23-39(40)43(47(51)52)33-17-6-2-7-18-33/h1-31H. The molecule has 244 valence electrons. The fourth-order valence-electron chi connectivity index (χ4n) is 7.37. The highest BCUT2D eigenvalue weighted by molar-refractivity contribution is 6.09. The molecule has 0 atom stereocenters. The number of nitrogens with zero attached hydrogens (tertiary/aromatic N) is 5. The highest BCUT2D eigenvalue weighted by atomic mass is 15.1. The topological polar surface area (TPSA) is 48.0 Å². The minimum Gasteiger partial charge on any atom is -0.293 e. The SMILES string of the molecule is c1ccc(-c2cccc(-c3nc(-c4ccccc4)nc(-c4ccc(-n5c6ccccc6n6c7ccccc7c(-c7ccccc7)c56)cc4)n3)c2)cc1. The van der Waals surface area contributed by atoms with Crippen LogP contribution in [0.2, 0.25) is 0 Å². The van der Waals surface area contributed by atoms with Gasteiger partial charge in [-0.1, -0.05) is 140 Å². The number of para-hydroxylation sites is 3. The van der Waals surface area contributed by atoms with Gasteiger partial charge in [0.1, 0.15) is 5.65 Å². The van der Waals surface area contributed by atoms with Crippen LogP contribution in [0.1, 0.15) is 0 Å². The van der Waals surface area contributed by atoms with Crippen LogP contribution in [0.25, 0.3) is 89.7 Å². The predicted molar refractivity (Wildman–Crippen MR) is 212 cm³/mol. The van der Waals surface area contributed by atoms with E-state index in [4.69, 9.17) is 15.0 Å². The largest absolute Gasteiger partial charge is 0.293 e. The molecule has 10 rings (SSSR count). The van der Waals surface area contributed by atoms with E-state index in [9.17, 15) is 0 Å². The summed E-state index contributed by atoms with van der Waals surface area (Å²) in [6.45, 7) is 0. The van der Waals surface area contributed by atoms with Crippen molar-refractivity contribution in [1.82, 2.24) is 23.9 Å². The van der Waals surface area contributed by atoms with Crippen molar-refractivity contribution in [1.29, 1.82) is 0 Å². The van der Waals surface area contributed by atoms with E-state index >= 15 is 0 Å². The summed E-state index contributed by atoms with van der Waals surface area (Å²) in [5.74, 6) is 1.90. The molecule has 3 aromatic heterocycles. The first-order valence-electron chi connectivity index (χ1n) is 17.5. The van der Waals surface area contributed by atoms with Crippen molar-refractivity contribution >= 4 is 27.6 Å². The summed E-state index contributed by atoms with van der Waals surface area (Å²) < 4.78 is 4.78. The van der Waals surface area contributed by atoms with Crippen LogP contribution in [0.5, 0.6) is 0 Å². The quantitative estimate of drug-likeness (QED) is 0.178. The third-order valence-corrected chi connectivity index (χ3v) is 9.77. The van der Waals surface area contributed by atoms with Gasteiger partial charge in [0.2, 0.25) is 0 Å². The number of aromatic nitrogens is 5. The lowest BCUT2D eigenvalue weighted by Crippen LogP contribution is -2.01. The molecular formula is C47H31N5. The zero-order chi connectivity index (χ0) is 34.4. The summed E-state index contributed by atoms with van der Waals surface area (Å²) in [7, 11) is 0. The van der Waals surface area contributed by atoms with Crippen LogP contribution in [-0.2, 0) is 0 Å². The molecule has 0 aliphatic carbocycles. The smallest absolute Gasteiger partial charge is 0.164 e. The molecule has 0 unspecified atom stereocenters. The summed E-state index contributed by atoms with van der Waals surface area (Å²) in [5.41, 5.74) is 13.1. The number of hydrogen-bond donors (Lipinski definition) is 0. The third-order valence-electron chi connectivity index (χ3n) is 9.77. The number of rotatable bonds is 6. The van der Waals surface area contributed by atoms with E-state index in [1.165, 1.54) is 22.0 Å². The van der Waals surface area contributed by atoms with Crippen LogP contribution < -0.4 is 0 Å². The number of fused-ring (bicyclic) bond motifs is 5. The molecule has 0 aliphatic rings. The average Bonchev–Trinajstić information content (AvgIpc) is 3.74. The summed E-state index contributed by atoms with van der Waals surface area (Å²) in [4.78, 5) is 15.1. The maximum absolute atomic E-state index is 5.08. The molecule has 0 fully saturated rings. The first-order chi connectivity index (χ1) is 25.8. The third kappa shape index (κ3) is 4.98. The highest BCUT2D eigenvalue weighted by Crippen LogP contribution is 2.41. The van der Waals surface area contributed by atoms with Crippen LogP contribution in [0.3, 0.4) is 0 Å². The van der Waals surface area contributed by atoms with Crippen molar-refractivity contribution in [2.45, 2.75) is 0 Å². The van der Waals surface area contributed by atoms with E-state index in [0.717, 1.165) is 50.2 Å². The van der Waals surface area contributed by atoms with Gasteiger partial charge in [-0.15, -0.1) is 0 Å². The summed E-state index contributed by atoms with van der Waals surface area (Å²) in [6.07, 6.45) is 0. The van der Waals surface area contributed by atoms with Crippen LogP contribution in [0.15, 0.2) is 188 Å². The van der Waals surface area contributed by atoms with Crippen LogP contribution in [0, 0.1) is 0 Å². The van der Waals surface area contributed by atoms with E-state index in [-0.39, 0.29) is 0 Å². The number of imidazole rings is 1. The Labute approximate surface area is 300 Å². The molecule has 10 aromatic rings. The molecule has 0 spiro atoms. The Morgan fingerprint density at radius 1 is 0.327 bits per heavy atom. The molecule has 0 bridgehead atoms. The second-order valence-corrected chi connectivity index (χ2v) is 12.9. The van der Waals surface area contributed by atoms with Crippen LogP contribution in [-0.4, -0.2) is 23.9 Å². The van der Waals surface area contributed by atoms with Crippen molar-refractivity contribution < 1.29 is 0 Å². The van der Waals surface area contributed by atoms with E-state index in [0.29, 0.717) is 17.5 Å². The predicted octanol–water partition coefficient (Wildman–Crippen LogP) is 11.6. The first-order valence-corrected chi connectivity index (χ1v) is 17.5. The molecule has 0 amide bonds. The zero-order valence-electron chi connectivity index (χ0n) is 28.1. The first kappa shape index (κ1) is 29.8. The molecule has 0 aliphatic heterocycles. The fourth-order valence-corrected chi connectivity index (χ4v) is 7.37. The van der Waals surface area contributed by atoms with Crippen molar-refractivity contribution in [3.05, 3.63) is 188 Å². The molecule has 5 heteroatoms. The lowest BCUT2D eigenvalue weighted by Gasteiger charge is -2.11. The molecule has 0 N–H and O–H groups in total. The zero-order valence-corrected chi connectivity index (χ0v) is 28.1. The number of hydrogen-bond acceptors (Lipinski definition) is 3. The van der Waals surface area contributed by atoms with Gasteiger partial charge < -0.3 is 0 Å². The second-order valence-electron chi connectivity index (χ2n) is 12.9. The molecule has 5 nitrogen and oxygen atoms in total. The highest BCUT2D eigenvalue weighted by Gasteiger charge is 2.22. The van der Waals surface area contributed by atoms with E-state index in [1.54, 1.807) is 0 Å². The second kappa shape index (κ2) is 12.3. The summed E-state index contributed by atoms with van der Waals surface area (Å²) >= 11 is 0.